The Morgan fingerprint density at radius 1 is 1.31 bits per heavy atom. The molecule has 0 heterocycles. The van der Waals surface area contributed by atoms with E-state index in [1.807, 2.05) is 30.3 Å². The van der Waals surface area contributed by atoms with E-state index in [2.05, 4.69) is 19.2 Å². The van der Waals surface area contributed by atoms with E-state index in [-0.39, 0.29) is 12.1 Å². The van der Waals surface area contributed by atoms with Crippen molar-refractivity contribution in [1.29, 1.82) is 0 Å². The highest BCUT2D eigenvalue weighted by Crippen LogP contribution is 2.16. The van der Waals surface area contributed by atoms with Gasteiger partial charge in [-0.15, -0.1) is 0 Å². The molecule has 0 radical (unpaired) electrons. The van der Waals surface area contributed by atoms with Crippen LogP contribution in [0.4, 0.5) is 0 Å². The smallest absolute Gasteiger partial charge is 0.303 e. The summed E-state index contributed by atoms with van der Waals surface area (Å²) >= 11 is 0. The Bertz CT molecular complexity index is 322. The molecule has 1 N–H and O–H groups in total. The maximum Gasteiger partial charge on any atom is 0.303 e. The monoisotopic (exact) mass is 221 g/mol. The lowest BCUT2D eigenvalue weighted by Gasteiger charge is -2.19. The first kappa shape index (κ1) is 12.7. The van der Waals surface area contributed by atoms with Crippen LogP contribution in [-0.4, -0.2) is 18.6 Å². The molecule has 1 atom stereocenters. The second-order valence-electron chi connectivity index (χ2n) is 4.07. The molecule has 0 saturated heterocycles. The van der Waals surface area contributed by atoms with Crippen molar-refractivity contribution in [2.75, 3.05) is 6.54 Å². The van der Waals surface area contributed by atoms with Crippen molar-refractivity contribution in [2.45, 2.75) is 32.9 Å². The van der Waals surface area contributed by atoms with Crippen LogP contribution in [0.15, 0.2) is 30.3 Å². The first-order valence-corrected chi connectivity index (χ1v) is 5.55. The van der Waals surface area contributed by atoms with Gasteiger partial charge in [-0.05, 0) is 5.56 Å². The molecule has 0 aliphatic rings. The lowest BCUT2D eigenvalue weighted by atomic mass is 10.1. The van der Waals surface area contributed by atoms with Gasteiger partial charge >= 0.3 is 5.97 Å². The number of ether oxygens (including phenoxy) is 1. The van der Waals surface area contributed by atoms with Crippen molar-refractivity contribution in [1.82, 2.24) is 5.32 Å². The van der Waals surface area contributed by atoms with Crippen LogP contribution in [0.2, 0.25) is 0 Å². The van der Waals surface area contributed by atoms with Crippen molar-refractivity contribution < 1.29 is 9.53 Å². The Hall–Kier alpha value is -1.35. The van der Waals surface area contributed by atoms with Gasteiger partial charge in [-0.25, -0.2) is 0 Å². The average Bonchev–Trinajstić information content (AvgIpc) is 2.25. The van der Waals surface area contributed by atoms with Crippen LogP contribution >= 0.6 is 0 Å². The van der Waals surface area contributed by atoms with E-state index in [1.165, 1.54) is 6.92 Å². The van der Waals surface area contributed by atoms with Gasteiger partial charge in [0, 0.05) is 19.5 Å². The fourth-order valence-corrected chi connectivity index (χ4v) is 1.44. The van der Waals surface area contributed by atoms with Crippen LogP contribution in [0, 0.1) is 0 Å². The summed E-state index contributed by atoms with van der Waals surface area (Å²) in [6.45, 7) is 6.21. The number of rotatable bonds is 5. The van der Waals surface area contributed by atoms with E-state index in [9.17, 15) is 4.79 Å². The minimum Gasteiger partial charge on any atom is -0.456 e. The fourth-order valence-electron chi connectivity index (χ4n) is 1.44. The largest absolute Gasteiger partial charge is 0.456 e. The van der Waals surface area contributed by atoms with E-state index in [4.69, 9.17) is 4.74 Å². The standard InChI is InChI=1S/C13H19NO2/c1-10(2)14-9-13(16-11(3)15)12-7-5-4-6-8-12/h4-8,10,13-14H,9H2,1-3H3. The van der Waals surface area contributed by atoms with E-state index >= 15 is 0 Å². The number of hydrogen-bond acceptors (Lipinski definition) is 3. The van der Waals surface area contributed by atoms with Crippen LogP contribution in [0.5, 0.6) is 0 Å². The van der Waals surface area contributed by atoms with Gasteiger partial charge in [0.2, 0.25) is 0 Å². The molecule has 88 valence electrons. The molecule has 0 aliphatic heterocycles. The normalized spacial score (nSPS) is 12.5. The summed E-state index contributed by atoms with van der Waals surface area (Å²) < 4.78 is 5.29. The Labute approximate surface area is 96.8 Å². The molecule has 1 aromatic carbocycles. The fraction of sp³-hybridized carbons (Fsp3) is 0.462. The quantitative estimate of drug-likeness (QED) is 0.775. The molecule has 0 aromatic heterocycles. The Morgan fingerprint density at radius 3 is 2.44 bits per heavy atom. The number of carbonyl (C=O) groups excluding carboxylic acids is 1. The molecular formula is C13H19NO2. The van der Waals surface area contributed by atoms with Crippen LogP contribution in [0.25, 0.3) is 0 Å². The summed E-state index contributed by atoms with van der Waals surface area (Å²) in [6.07, 6.45) is -0.207. The number of esters is 1. The third-order valence-corrected chi connectivity index (χ3v) is 2.19. The van der Waals surface area contributed by atoms with Crippen LogP contribution in [-0.2, 0) is 9.53 Å². The number of hydrogen-bond donors (Lipinski definition) is 1. The predicted molar refractivity (Wildman–Crippen MR) is 64.1 cm³/mol. The summed E-state index contributed by atoms with van der Waals surface area (Å²) in [5, 5.41) is 3.27. The third-order valence-electron chi connectivity index (χ3n) is 2.19. The molecule has 0 saturated carbocycles. The van der Waals surface area contributed by atoms with Crippen molar-refractivity contribution in [3.63, 3.8) is 0 Å². The number of carbonyl (C=O) groups is 1. The third kappa shape index (κ3) is 4.45. The Balaban J connectivity index is 2.67. The van der Waals surface area contributed by atoms with Gasteiger partial charge < -0.3 is 10.1 Å². The highest BCUT2D eigenvalue weighted by atomic mass is 16.5. The summed E-state index contributed by atoms with van der Waals surface area (Å²) in [6, 6.07) is 10.2. The van der Waals surface area contributed by atoms with Gasteiger partial charge in [-0.2, -0.15) is 0 Å². The Kier molecular flexibility index (Phi) is 4.99. The molecular weight excluding hydrogens is 202 g/mol. The summed E-state index contributed by atoms with van der Waals surface area (Å²) in [5.41, 5.74) is 1.02. The SMILES string of the molecule is CC(=O)OC(CNC(C)C)c1ccccc1. The zero-order valence-electron chi connectivity index (χ0n) is 10.1. The molecule has 1 unspecified atom stereocenters. The maximum atomic E-state index is 11.0. The van der Waals surface area contributed by atoms with E-state index < -0.39 is 0 Å². The molecule has 0 amide bonds. The van der Waals surface area contributed by atoms with Crippen molar-refractivity contribution in [2.24, 2.45) is 0 Å². The van der Waals surface area contributed by atoms with Gasteiger partial charge in [-0.1, -0.05) is 44.2 Å². The van der Waals surface area contributed by atoms with Gasteiger partial charge in [-0.3, -0.25) is 4.79 Å². The van der Waals surface area contributed by atoms with Crippen LogP contribution < -0.4 is 5.32 Å². The number of benzene rings is 1. The summed E-state index contributed by atoms with van der Waals surface area (Å²) in [7, 11) is 0. The number of nitrogens with one attached hydrogen (secondary N) is 1. The van der Waals surface area contributed by atoms with E-state index in [0.717, 1.165) is 5.56 Å². The van der Waals surface area contributed by atoms with Gasteiger partial charge in [0.1, 0.15) is 6.10 Å². The zero-order valence-corrected chi connectivity index (χ0v) is 10.1. The zero-order chi connectivity index (χ0) is 12.0. The van der Waals surface area contributed by atoms with Crippen LogP contribution in [0.3, 0.4) is 0 Å². The highest BCUT2D eigenvalue weighted by molar-refractivity contribution is 5.66. The topological polar surface area (TPSA) is 38.3 Å². The molecule has 16 heavy (non-hydrogen) atoms. The van der Waals surface area contributed by atoms with Crippen molar-refractivity contribution in [3.05, 3.63) is 35.9 Å². The van der Waals surface area contributed by atoms with E-state index in [1.54, 1.807) is 0 Å². The van der Waals surface area contributed by atoms with Gasteiger partial charge in [0.25, 0.3) is 0 Å². The van der Waals surface area contributed by atoms with Crippen molar-refractivity contribution >= 4 is 5.97 Å². The molecule has 1 rings (SSSR count). The molecule has 1 aromatic rings. The van der Waals surface area contributed by atoms with Gasteiger partial charge in [0.15, 0.2) is 0 Å². The second kappa shape index (κ2) is 6.28. The highest BCUT2D eigenvalue weighted by Gasteiger charge is 2.14. The van der Waals surface area contributed by atoms with Crippen molar-refractivity contribution in [3.8, 4) is 0 Å². The molecule has 0 aliphatic carbocycles. The first-order chi connectivity index (χ1) is 7.59. The lowest BCUT2D eigenvalue weighted by molar-refractivity contribution is -0.146. The summed E-state index contributed by atoms with van der Waals surface area (Å²) in [5.74, 6) is -0.251. The second-order valence-corrected chi connectivity index (χ2v) is 4.07. The molecule has 0 spiro atoms. The maximum absolute atomic E-state index is 11.0. The Morgan fingerprint density at radius 2 is 1.94 bits per heavy atom. The van der Waals surface area contributed by atoms with Crippen LogP contribution in [0.1, 0.15) is 32.4 Å². The minimum atomic E-state index is -0.251. The average molecular weight is 221 g/mol. The lowest BCUT2D eigenvalue weighted by Crippen LogP contribution is -2.29. The first-order valence-electron chi connectivity index (χ1n) is 5.55. The minimum absolute atomic E-state index is 0.207. The predicted octanol–water partition coefficient (Wildman–Crippen LogP) is 2.29. The van der Waals surface area contributed by atoms with Gasteiger partial charge in [0.05, 0.1) is 0 Å². The summed E-state index contributed by atoms with van der Waals surface area (Å²) in [4.78, 5) is 11.0. The molecule has 3 heteroatoms. The van der Waals surface area contributed by atoms with E-state index in [0.29, 0.717) is 12.6 Å². The molecule has 3 nitrogen and oxygen atoms in total. The molecule has 0 fully saturated rings. The molecule has 0 bridgehead atoms.